The van der Waals surface area contributed by atoms with Gasteiger partial charge in [-0.1, -0.05) is 11.6 Å². The molecular formula is C11H9Cl2N3O2. The zero-order valence-electron chi connectivity index (χ0n) is 9.10. The summed E-state index contributed by atoms with van der Waals surface area (Å²) >= 11 is 11.5. The summed E-state index contributed by atoms with van der Waals surface area (Å²) in [5.74, 6) is -0.392. The Kier molecular flexibility index (Phi) is 3.74. The van der Waals surface area contributed by atoms with Crippen LogP contribution in [-0.4, -0.2) is 20.6 Å². The number of aromatic nitrogens is 2. The first-order valence-electron chi connectivity index (χ1n) is 5.01. The van der Waals surface area contributed by atoms with Gasteiger partial charge in [0.05, 0.1) is 5.69 Å². The van der Waals surface area contributed by atoms with E-state index >= 15 is 0 Å². The van der Waals surface area contributed by atoms with E-state index in [-0.39, 0.29) is 29.2 Å². The van der Waals surface area contributed by atoms with Gasteiger partial charge < -0.3 is 15.0 Å². The van der Waals surface area contributed by atoms with Crippen molar-refractivity contribution in [3.63, 3.8) is 0 Å². The van der Waals surface area contributed by atoms with E-state index in [2.05, 4.69) is 10.3 Å². The van der Waals surface area contributed by atoms with Gasteiger partial charge in [-0.05, 0) is 29.8 Å². The number of anilines is 1. The van der Waals surface area contributed by atoms with E-state index in [1.165, 1.54) is 29.0 Å². The van der Waals surface area contributed by atoms with Gasteiger partial charge in [0, 0.05) is 17.4 Å². The number of carbonyl (C=O) groups excluding carboxylic acids is 1. The Hall–Kier alpha value is -1.72. The van der Waals surface area contributed by atoms with E-state index in [0.29, 0.717) is 5.02 Å². The summed E-state index contributed by atoms with van der Waals surface area (Å²) in [6.07, 6.45) is 3.08. The van der Waals surface area contributed by atoms with Crippen molar-refractivity contribution in [3.8, 4) is 5.75 Å². The maximum absolute atomic E-state index is 11.7. The van der Waals surface area contributed by atoms with Crippen molar-refractivity contribution in [2.45, 2.75) is 6.54 Å². The van der Waals surface area contributed by atoms with Crippen molar-refractivity contribution < 1.29 is 9.90 Å². The highest BCUT2D eigenvalue weighted by Gasteiger charge is 2.09. The lowest BCUT2D eigenvalue weighted by molar-refractivity contribution is -0.116. The zero-order chi connectivity index (χ0) is 13.1. The molecule has 5 nitrogen and oxygen atoms in total. The molecule has 18 heavy (non-hydrogen) atoms. The van der Waals surface area contributed by atoms with Crippen LogP contribution in [0.3, 0.4) is 0 Å². The molecule has 7 heteroatoms. The van der Waals surface area contributed by atoms with E-state index in [0.717, 1.165) is 0 Å². The number of carbonyl (C=O) groups is 1. The average molecular weight is 286 g/mol. The second kappa shape index (κ2) is 5.29. The second-order valence-corrected chi connectivity index (χ2v) is 4.31. The van der Waals surface area contributed by atoms with E-state index in [1.54, 1.807) is 6.20 Å². The van der Waals surface area contributed by atoms with Gasteiger partial charge in [0.25, 0.3) is 0 Å². The molecule has 0 saturated heterocycles. The van der Waals surface area contributed by atoms with Gasteiger partial charge in [-0.3, -0.25) is 4.79 Å². The van der Waals surface area contributed by atoms with Crippen LogP contribution in [-0.2, 0) is 11.3 Å². The monoisotopic (exact) mass is 285 g/mol. The van der Waals surface area contributed by atoms with Gasteiger partial charge in [-0.15, -0.1) is 0 Å². The minimum absolute atomic E-state index is 0.00475. The van der Waals surface area contributed by atoms with Crippen LogP contribution in [0.5, 0.6) is 5.75 Å². The van der Waals surface area contributed by atoms with E-state index < -0.39 is 0 Å². The lowest BCUT2D eigenvalue weighted by atomic mass is 10.3. The fraction of sp³-hybridized carbons (Fsp3) is 0.0909. The van der Waals surface area contributed by atoms with Crippen LogP contribution >= 0.6 is 23.2 Å². The number of phenols is 1. The largest absolute Gasteiger partial charge is 0.506 e. The molecule has 0 saturated carbocycles. The summed E-state index contributed by atoms with van der Waals surface area (Å²) in [5.41, 5.74) is 0.253. The number of nitrogens with one attached hydrogen (secondary N) is 1. The second-order valence-electron chi connectivity index (χ2n) is 3.53. The molecule has 1 aromatic heterocycles. The molecule has 0 bridgehead atoms. The van der Waals surface area contributed by atoms with Crippen LogP contribution in [0.25, 0.3) is 0 Å². The molecule has 2 N–H and O–H groups in total. The average Bonchev–Trinajstić information content (AvgIpc) is 2.70. The first-order chi connectivity index (χ1) is 8.56. The lowest BCUT2D eigenvalue weighted by Crippen LogP contribution is -2.18. The molecule has 0 aliphatic rings. The Morgan fingerprint density at radius 2 is 2.22 bits per heavy atom. The summed E-state index contributed by atoms with van der Waals surface area (Å²) in [7, 11) is 0. The van der Waals surface area contributed by atoms with Gasteiger partial charge in [0.15, 0.2) is 0 Å². The number of nitrogens with zero attached hydrogens (tertiary/aromatic N) is 2. The van der Waals surface area contributed by atoms with Gasteiger partial charge in [-0.2, -0.15) is 0 Å². The Morgan fingerprint density at radius 3 is 2.89 bits per heavy atom. The molecule has 0 unspecified atom stereocenters. The van der Waals surface area contributed by atoms with Gasteiger partial charge in [0.1, 0.15) is 12.3 Å². The SMILES string of the molecule is O=C(Cn1ccnc1Cl)Nc1cc(Cl)ccc1O. The van der Waals surface area contributed by atoms with Crippen molar-refractivity contribution in [1.29, 1.82) is 0 Å². The van der Waals surface area contributed by atoms with Crippen molar-refractivity contribution in [2.24, 2.45) is 0 Å². The highest BCUT2D eigenvalue weighted by Crippen LogP contribution is 2.26. The van der Waals surface area contributed by atoms with E-state index in [1.807, 2.05) is 0 Å². The highest BCUT2D eigenvalue weighted by atomic mass is 35.5. The first kappa shape index (κ1) is 12.7. The maximum Gasteiger partial charge on any atom is 0.244 e. The number of rotatable bonds is 3. The minimum atomic E-state index is -0.340. The molecule has 94 valence electrons. The van der Waals surface area contributed by atoms with Crippen molar-refractivity contribution in [3.05, 3.63) is 40.9 Å². The summed E-state index contributed by atoms with van der Waals surface area (Å²) < 4.78 is 1.47. The quantitative estimate of drug-likeness (QED) is 0.852. The molecule has 0 radical (unpaired) electrons. The normalized spacial score (nSPS) is 10.3. The molecule has 1 amide bonds. The first-order valence-corrected chi connectivity index (χ1v) is 5.77. The van der Waals surface area contributed by atoms with Crippen molar-refractivity contribution in [2.75, 3.05) is 5.32 Å². The summed E-state index contributed by atoms with van der Waals surface area (Å²) in [6.45, 7) is 0.00475. The van der Waals surface area contributed by atoms with Crippen LogP contribution in [0.15, 0.2) is 30.6 Å². The number of hydrogen-bond acceptors (Lipinski definition) is 3. The number of halogens is 2. The number of amides is 1. The molecular weight excluding hydrogens is 277 g/mol. The number of phenolic OH excluding ortho intramolecular Hbond substituents is 1. The smallest absolute Gasteiger partial charge is 0.244 e. The molecule has 2 aromatic rings. The zero-order valence-corrected chi connectivity index (χ0v) is 10.6. The maximum atomic E-state index is 11.7. The number of aromatic hydroxyl groups is 1. The summed E-state index contributed by atoms with van der Waals surface area (Å²) in [5, 5.41) is 12.7. The lowest BCUT2D eigenvalue weighted by Gasteiger charge is -2.08. The van der Waals surface area contributed by atoms with Gasteiger partial charge in [-0.25, -0.2) is 4.98 Å². The molecule has 2 rings (SSSR count). The van der Waals surface area contributed by atoms with Crippen molar-refractivity contribution >= 4 is 34.8 Å². The topological polar surface area (TPSA) is 67.2 Å². The van der Waals surface area contributed by atoms with E-state index in [9.17, 15) is 9.90 Å². The predicted octanol–water partition coefficient (Wildman–Crippen LogP) is 2.53. The molecule has 0 fully saturated rings. The van der Waals surface area contributed by atoms with Crippen LogP contribution in [0.1, 0.15) is 0 Å². The van der Waals surface area contributed by atoms with Gasteiger partial charge >= 0.3 is 0 Å². The van der Waals surface area contributed by atoms with Gasteiger partial charge in [0.2, 0.25) is 11.2 Å². The number of hydrogen-bond donors (Lipinski definition) is 2. The van der Waals surface area contributed by atoms with E-state index in [4.69, 9.17) is 23.2 Å². The molecule has 1 aromatic carbocycles. The third-order valence-corrected chi connectivity index (χ3v) is 2.76. The van der Waals surface area contributed by atoms with Crippen LogP contribution in [0.4, 0.5) is 5.69 Å². The third-order valence-electron chi connectivity index (χ3n) is 2.21. The molecule has 0 aliphatic carbocycles. The predicted molar refractivity (Wildman–Crippen MR) is 69.0 cm³/mol. The fourth-order valence-corrected chi connectivity index (χ4v) is 1.73. The standard InChI is InChI=1S/C11H9Cl2N3O2/c12-7-1-2-9(17)8(5-7)15-10(18)6-16-4-3-14-11(16)13/h1-5,17H,6H2,(H,15,18). The Balaban J connectivity index is 2.08. The number of imidazole rings is 1. The Morgan fingerprint density at radius 1 is 1.44 bits per heavy atom. The minimum Gasteiger partial charge on any atom is -0.506 e. The van der Waals surface area contributed by atoms with Crippen LogP contribution < -0.4 is 5.32 Å². The summed E-state index contributed by atoms with van der Waals surface area (Å²) in [4.78, 5) is 15.5. The van der Waals surface area contributed by atoms with Crippen LogP contribution in [0.2, 0.25) is 10.3 Å². The fourth-order valence-electron chi connectivity index (χ4n) is 1.38. The third kappa shape index (κ3) is 2.94. The summed E-state index contributed by atoms with van der Waals surface area (Å²) in [6, 6.07) is 4.39. The molecule has 1 heterocycles. The molecule has 0 atom stereocenters. The van der Waals surface area contributed by atoms with Crippen molar-refractivity contribution in [1.82, 2.24) is 9.55 Å². The molecule has 0 spiro atoms. The Bertz CT molecular complexity index is 583. The Labute approximate surface area is 113 Å². The highest BCUT2D eigenvalue weighted by molar-refractivity contribution is 6.31. The molecule has 0 aliphatic heterocycles. The number of benzene rings is 1. The van der Waals surface area contributed by atoms with Crippen LogP contribution in [0, 0.1) is 0 Å².